The Hall–Kier alpha value is -2.46. The lowest BCUT2D eigenvalue weighted by Gasteiger charge is -2.18. The van der Waals surface area contributed by atoms with Crippen molar-refractivity contribution in [1.82, 2.24) is 19.5 Å². The van der Waals surface area contributed by atoms with Crippen LogP contribution in [0.1, 0.15) is 32.9 Å². The standard InChI is InChI=1S/C16H24N6O4/c1-8(2)11(17)15(23)25-6-9-4-5-10(26-9)22-7-19-12-13(22)20-16(18)21-14(12)24-3/h7-11H,4-6,17H2,1-3H3,(H2,18,20,21). The summed E-state index contributed by atoms with van der Waals surface area (Å²) in [6.07, 6.45) is 2.61. The Bertz CT molecular complexity index is 792. The number of hydrogen-bond donors (Lipinski definition) is 2. The summed E-state index contributed by atoms with van der Waals surface area (Å²) in [4.78, 5) is 24.4. The molecule has 0 aliphatic carbocycles. The number of nitrogen functional groups attached to an aromatic ring is 1. The van der Waals surface area contributed by atoms with Crippen molar-refractivity contribution in [3.05, 3.63) is 6.33 Å². The number of nitrogens with two attached hydrogens (primary N) is 2. The molecule has 10 heteroatoms. The van der Waals surface area contributed by atoms with Gasteiger partial charge >= 0.3 is 5.97 Å². The number of methoxy groups -OCH3 is 1. The highest BCUT2D eigenvalue weighted by molar-refractivity contribution is 5.77. The Kier molecular flexibility index (Phi) is 5.23. The van der Waals surface area contributed by atoms with Crippen molar-refractivity contribution in [1.29, 1.82) is 0 Å². The van der Waals surface area contributed by atoms with Gasteiger partial charge in [-0.15, -0.1) is 0 Å². The largest absolute Gasteiger partial charge is 0.479 e. The highest BCUT2D eigenvalue weighted by Crippen LogP contribution is 2.32. The topological polar surface area (TPSA) is 140 Å². The first-order valence-electron chi connectivity index (χ1n) is 8.52. The van der Waals surface area contributed by atoms with E-state index in [4.69, 9.17) is 25.7 Å². The zero-order valence-corrected chi connectivity index (χ0v) is 15.1. The Balaban J connectivity index is 1.67. The summed E-state index contributed by atoms with van der Waals surface area (Å²) in [5.74, 6) is 0.0298. The fourth-order valence-corrected chi connectivity index (χ4v) is 2.82. The quantitative estimate of drug-likeness (QED) is 0.706. The summed E-state index contributed by atoms with van der Waals surface area (Å²) >= 11 is 0. The maximum Gasteiger partial charge on any atom is 0.323 e. The van der Waals surface area contributed by atoms with Crippen LogP contribution in [-0.4, -0.2) is 51.4 Å². The lowest BCUT2D eigenvalue weighted by molar-refractivity contribution is -0.151. The number of nitrogens with zero attached hydrogens (tertiary/aromatic N) is 4. The second-order valence-electron chi connectivity index (χ2n) is 6.61. The molecule has 10 nitrogen and oxygen atoms in total. The number of imidazole rings is 1. The summed E-state index contributed by atoms with van der Waals surface area (Å²) in [5.41, 5.74) is 12.6. The van der Waals surface area contributed by atoms with Gasteiger partial charge in [-0.25, -0.2) is 4.98 Å². The Labute approximate surface area is 150 Å². The van der Waals surface area contributed by atoms with Crippen LogP contribution in [-0.2, 0) is 14.3 Å². The predicted octanol–water partition coefficient (Wildman–Crippen LogP) is 0.621. The van der Waals surface area contributed by atoms with Crippen LogP contribution in [0.15, 0.2) is 6.33 Å². The van der Waals surface area contributed by atoms with E-state index in [1.165, 1.54) is 7.11 Å². The minimum atomic E-state index is -0.628. The molecule has 0 amide bonds. The number of fused-ring (bicyclic) bond motifs is 1. The molecular weight excluding hydrogens is 340 g/mol. The van der Waals surface area contributed by atoms with Crippen molar-refractivity contribution in [2.24, 2.45) is 11.7 Å². The molecule has 1 aliphatic rings. The van der Waals surface area contributed by atoms with Gasteiger partial charge in [0.25, 0.3) is 0 Å². The van der Waals surface area contributed by atoms with Gasteiger partial charge in [0.2, 0.25) is 11.8 Å². The third kappa shape index (κ3) is 3.56. The van der Waals surface area contributed by atoms with Gasteiger partial charge in [-0.1, -0.05) is 13.8 Å². The molecule has 3 rings (SSSR count). The summed E-state index contributed by atoms with van der Waals surface area (Å²) in [6, 6.07) is -0.628. The Morgan fingerprint density at radius 1 is 1.42 bits per heavy atom. The maximum atomic E-state index is 11.9. The number of rotatable bonds is 6. The van der Waals surface area contributed by atoms with Crippen LogP contribution in [0.3, 0.4) is 0 Å². The number of carbonyl (C=O) groups is 1. The average molecular weight is 364 g/mol. The highest BCUT2D eigenvalue weighted by Gasteiger charge is 2.30. The average Bonchev–Trinajstić information content (AvgIpc) is 3.24. The normalized spacial score (nSPS) is 21.3. The van der Waals surface area contributed by atoms with Crippen molar-refractivity contribution < 1.29 is 19.0 Å². The molecule has 0 aromatic carbocycles. The molecule has 2 aromatic heterocycles. The molecule has 0 spiro atoms. The van der Waals surface area contributed by atoms with Crippen LogP contribution >= 0.6 is 0 Å². The first-order valence-corrected chi connectivity index (χ1v) is 8.52. The predicted molar refractivity (Wildman–Crippen MR) is 93.2 cm³/mol. The minimum Gasteiger partial charge on any atom is -0.479 e. The molecule has 0 bridgehead atoms. The van der Waals surface area contributed by atoms with E-state index in [0.29, 0.717) is 17.0 Å². The van der Waals surface area contributed by atoms with Crippen LogP contribution in [0.4, 0.5) is 5.95 Å². The van der Waals surface area contributed by atoms with Crippen molar-refractivity contribution in [2.45, 2.75) is 45.1 Å². The number of hydrogen-bond acceptors (Lipinski definition) is 9. The molecule has 1 saturated heterocycles. The molecule has 0 radical (unpaired) electrons. The molecule has 4 N–H and O–H groups in total. The lowest BCUT2D eigenvalue weighted by atomic mass is 10.1. The number of aromatic nitrogens is 4. The number of ether oxygens (including phenoxy) is 3. The molecule has 1 fully saturated rings. The molecule has 142 valence electrons. The van der Waals surface area contributed by atoms with Crippen molar-refractivity contribution in [3.8, 4) is 5.88 Å². The summed E-state index contributed by atoms with van der Waals surface area (Å²) < 4.78 is 18.2. The first-order chi connectivity index (χ1) is 12.4. The van der Waals surface area contributed by atoms with Gasteiger partial charge in [-0.05, 0) is 18.8 Å². The summed E-state index contributed by atoms with van der Waals surface area (Å²) in [5, 5.41) is 0. The number of anilines is 1. The van der Waals surface area contributed by atoms with E-state index in [-0.39, 0.29) is 30.8 Å². The minimum absolute atomic E-state index is 0.0252. The van der Waals surface area contributed by atoms with Crippen LogP contribution < -0.4 is 16.2 Å². The van der Waals surface area contributed by atoms with Gasteiger partial charge < -0.3 is 25.7 Å². The summed E-state index contributed by atoms with van der Waals surface area (Å²) in [6.45, 7) is 3.92. The van der Waals surface area contributed by atoms with Gasteiger partial charge in [0.15, 0.2) is 11.2 Å². The van der Waals surface area contributed by atoms with Gasteiger partial charge in [-0.2, -0.15) is 9.97 Å². The second kappa shape index (κ2) is 7.42. The third-order valence-corrected chi connectivity index (χ3v) is 4.40. The SMILES string of the molecule is COc1nc(N)nc2c1ncn2C1CCC(COC(=O)C(N)C(C)C)O1. The maximum absolute atomic E-state index is 11.9. The zero-order valence-electron chi connectivity index (χ0n) is 15.1. The van der Waals surface area contributed by atoms with E-state index >= 15 is 0 Å². The van der Waals surface area contributed by atoms with E-state index in [1.54, 1.807) is 10.9 Å². The van der Waals surface area contributed by atoms with E-state index in [2.05, 4.69) is 15.0 Å². The number of carbonyl (C=O) groups excluding carboxylic acids is 1. The lowest BCUT2D eigenvalue weighted by Crippen LogP contribution is -2.38. The molecular formula is C16H24N6O4. The Morgan fingerprint density at radius 3 is 2.88 bits per heavy atom. The van der Waals surface area contributed by atoms with Gasteiger partial charge in [0, 0.05) is 0 Å². The van der Waals surface area contributed by atoms with Gasteiger partial charge in [0.1, 0.15) is 18.9 Å². The van der Waals surface area contributed by atoms with Gasteiger partial charge in [0.05, 0.1) is 19.5 Å². The molecule has 3 unspecified atom stereocenters. The van der Waals surface area contributed by atoms with Crippen LogP contribution in [0, 0.1) is 5.92 Å². The number of esters is 1. The molecule has 3 atom stereocenters. The van der Waals surface area contributed by atoms with Crippen molar-refractivity contribution in [2.75, 3.05) is 19.5 Å². The van der Waals surface area contributed by atoms with Crippen molar-refractivity contribution in [3.63, 3.8) is 0 Å². The first kappa shape index (κ1) is 18.3. The van der Waals surface area contributed by atoms with Gasteiger partial charge in [-0.3, -0.25) is 9.36 Å². The second-order valence-corrected chi connectivity index (χ2v) is 6.61. The smallest absolute Gasteiger partial charge is 0.323 e. The van der Waals surface area contributed by atoms with E-state index in [9.17, 15) is 4.79 Å². The molecule has 26 heavy (non-hydrogen) atoms. The Morgan fingerprint density at radius 2 is 2.19 bits per heavy atom. The van der Waals surface area contributed by atoms with E-state index in [1.807, 2.05) is 13.8 Å². The van der Waals surface area contributed by atoms with Crippen molar-refractivity contribution >= 4 is 23.1 Å². The molecule has 1 aliphatic heterocycles. The fourth-order valence-electron chi connectivity index (χ4n) is 2.82. The van der Waals surface area contributed by atoms with Crippen LogP contribution in [0.25, 0.3) is 11.2 Å². The van der Waals surface area contributed by atoms with Crippen LogP contribution in [0.2, 0.25) is 0 Å². The highest BCUT2D eigenvalue weighted by atomic mass is 16.6. The van der Waals surface area contributed by atoms with Crippen LogP contribution in [0.5, 0.6) is 5.88 Å². The molecule has 0 saturated carbocycles. The molecule has 3 heterocycles. The zero-order chi connectivity index (χ0) is 18.8. The summed E-state index contributed by atoms with van der Waals surface area (Å²) in [7, 11) is 1.50. The van der Waals surface area contributed by atoms with E-state index < -0.39 is 12.0 Å². The third-order valence-electron chi connectivity index (χ3n) is 4.40. The fraction of sp³-hybridized carbons (Fsp3) is 0.625. The van der Waals surface area contributed by atoms with E-state index in [0.717, 1.165) is 12.8 Å². The monoisotopic (exact) mass is 364 g/mol. The molecule has 2 aromatic rings.